The molecule has 0 saturated carbocycles. The average Bonchev–Trinajstić information content (AvgIpc) is 2.39. The second-order valence-corrected chi connectivity index (χ2v) is 4.26. The van der Waals surface area contributed by atoms with Gasteiger partial charge in [-0.05, 0) is 18.6 Å². The summed E-state index contributed by atoms with van der Waals surface area (Å²) in [4.78, 5) is 11.6. The first-order valence-corrected chi connectivity index (χ1v) is 6.05. The number of benzene rings is 1. The van der Waals surface area contributed by atoms with E-state index in [2.05, 4.69) is 0 Å². The Bertz CT molecular complexity index is 420. The molecular formula is C13H18O6. The Balaban J connectivity index is 2.59. The summed E-state index contributed by atoms with van der Waals surface area (Å²) in [5.41, 5.74) is -0.101. The summed E-state index contributed by atoms with van der Waals surface area (Å²) in [5.74, 6) is -2.71. The maximum atomic E-state index is 11.6. The van der Waals surface area contributed by atoms with Crippen molar-refractivity contribution < 1.29 is 30.0 Å². The molecule has 0 fully saturated rings. The molecule has 0 saturated heterocycles. The minimum atomic E-state index is -0.791. The summed E-state index contributed by atoms with van der Waals surface area (Å²) in [5, 5.41) is 37.2. The van der Waals surface area contributed by atoms with E-state index < -0.39 is 29.3 Å². The van der Waals surface area contributed by atoms with Crippen LogP contribution >= 0.6 is 0 Å². The third kappa shape index (κ3) is 4.33. The van der Waals surface area contributed by atoms with Crippen molar-refractivity contribution in [2.24, 2.45) is 0 Å². The number of aliphatic hydroxyl groups is 1. The first kappa shape index (κ1) is 15.1. The summed E-state index contributed by atoms with van der Waals surface area (Å²) in [6, 6.07) is 1.96. The van der Waals surface area contributed by atoms with Crippen LogP contribution in [-0.2, 0) is 4.74 Å². The molecule has 1 atom stereocenters. The third-order valence-corrected chi connectivity index (χ3v) is 2.60. The molecule has 0 bridgehead atoms. The number of hydrogen-bond acceptors (Lipinski definition) is 6. The van der Waals surface area contributed by atoms with Gasteiger partial charge in [0.2, 0.25) is 0 Å². The minimum absolute atomic E-state index is 0.101. The number of unbranched alkanes of at least 4 members (excludes halogenated alkanes) is 1. The van der Waals surface area contributed by atoms with Gasteiger partial charge in [0.15, 0.2) is 17.2 Å². The Morgan fingerprint density at radius 2 is 1.84 bits per heavy atom. The maximum absolute atomic E-state index is 11.6. The SMILES string of the molecule is CCCCC(O)COC(=O)c1cc(O)c(O)c(O)c1. The smallest absolute Gasteiger partial charge is 0.338 e. The molecule has 0 aliphatic heterocycles. The predicted molar refractivity (Wildman–Crippen MR) is 67.3 cm³/mol. The van der Waals surface area contributed by atoms with Crippen molar-refractivity contribution in [3.63, 3.8) is 0 Å². The summed E-state index contributed by atoms with van der Waals surface area (Å²) in [6.07, 6.45) is 1.57. The number of carbonyl (C=O) groups excluding carboxylic acids is 1. The van der Waals surface area contributed by atoms with E-state index in [1.807, 2.05) is 6.92 Å². The quantitative estimate of drug-likeness (QED) is 0.461. The number of hydrogen-bond donors (Lipinski definition) is 4. The number of esters is 1. The lowest BCUT2D eigenvalue weighted by molar-refractivity contribution is 0.0233. The van der Waals surface area contributed by atoms with E-state index in [1.54, 1.807) is 0 Å². The molecule has 1 aromatic rings. The van der Waals surface area contributed by atoms with Crippen LogP contribution in [0.25, 0.3) is 0 Å². The molecule has 19 heavy (non-hydrogen) atoms. The molecule has 1 unspecified atom stereocenters. The van der Waals surface area contributed by atoms with Crippen molar-refractivity contribution in [1.29, 1.82) is 0 Å². The second kappa shape index (κ2) is 6.84. The Labute approximate surface area is 110 Å². The number of aromatic hydroxyl groups is 3. The average molecular weight is 270 g/mol. The Hall–Kier alpha value is -1.95. The molecule has 0 spiro atoms. The van der Waals surface area contributed by atoms with Crippen LogP contribution < -0.4 is 0 Å². The van der Waals surface area contributed by atoms with Crippen LogP contribution in [0.3, 0.4) is 0 Å². The maximum Gasteiger partial charge on any atom is 0.338 e. The van der Waals surface area contributed by atoms with Crippen molar-refractivity contribution in [1.82, 2.24) is 0 Å². The van der Waals surface area contributed by atoms with Crippen molar-refractivity contribution in [2.75, 3.05) is 6.61 Å². The third-order valence-electron chi connectivity index (χ3n) is 2.60. The van der Waals surface area contributed by atoms with Gasteiger partial charge in [0.05, 0.1) is 11.7 Å². The van der Waals surface area contributed by atoms with Gasteiger partial charge in [0, 0.05) is 0 Å². The molecule has 0 amide bonds. The topological polar surface area (TPSA) is 107 Å². The highest BCUT2D eigenvalue weighted by Crippen LogP contribution is 2.35. The molecule has 0 aliphatic rings. The number of carbonyl (C=O) groups is 1. The van der Waals surface area contributed by atoms with E-state index in [9.17, 15) is 20.1 Å². The van der Waals surface area contributed by atoms with Gasteiger partial charge in [-0.1, -0.05) is 19.8 Å². The largest absolute Gasteiger partial charge is 0.504 e. The zero-order valence-corrected chi connectivity index (χ0v) is 10.7. The fraction of sp³-hybridized carbons (Fsp3) is 0.462. The fourth-order valence-corrected chi connectivity index (χ4v) is 1.50. The highest BCUT2D eigenvalue weighted by molar-refractivity contribution is 5.91. The first-order valence-electron chi connectivity index (χ1n) is 6.05. The summed E-state index contributed by atoms with van der Waals surface area (Å²) in [7, 11) is 0. The zero-order valence-electron chi connectivity index (χ0n) is 10.7. The van der Waals surface area contributed by atoms with Gasteiger partial charge >= 0.3 is 5.97 Å². The Morgan fingerprint density at radius 1 is 1.26 bits per heavy atom. The molecule has 0 radical (unpaired) electrons. The Morgan fingerprint density at radius 3 is 2.37 bits per heavy atom. The second-order valence-electron chi connectivity index (χ2n) is 4.26. The molecule has 0 aliphatic carbocycles. The molecular weight excluding hydrogens is 252 g/mol. The van der Waals surface area contributed by atoms with Gasteiger partial charge in [-0.3, -0.25) is 0 Å². The molecule has 106 valence electrons. The van der Waals surface area contributed by atoms with E-state index in [1.165, 1.54) is 0 Å². The summed E-state index contributed by atoms with van der Waals surface area (Å²) in [6.45, 7) is 1.84. The van der Waals surface area contributed by atoms with E-state index in [0.717, 1.165) is 25.0 Å². The lowest BCUT2D eigenvalue weighted by atomic mass is 10.1. The fourth-order valence-electron chi connectivity index (χ4n) is 1.50. The molecule has 1 aromatic carbocycles. The number of aliphatic hydroxyl groups excluding tert-OH is 1. The highest BCUT2D eigenvalue weighted by Gasteiger charge is 2.15. The van der Waals surface area contributed by atoms with Crippen molar-refractivity contribution >= 4 is 5.97 Å². The highest BCUT2D eigenvalue weighted by atomic mass is 16.5. The van der Waals surface area contributed by atoms with Crippen molar-refractivity contribution in [2.45, 2.75) is 32.3 Å². The zero-order chi connectivity index (χ0) is 14.4. The van der Waals surface area contributed by atoms with Crippen LogP contribution in [0.5, 0.6) is 17.2 Å². The van der Waals surface area contributed by atoms with Gasteiger partial charge in [0.1, 0.15) is 6.61 Å². The number of phenolic OH excluding ortho intramolecular Hbond substituents is 3. The molecule has 6 nitrogen and oxygen atoms in total. The molecule has 6 heteroatoms. The lowest BCUT2D eigenvalue weighted by Crippen LogP contribution is -2.18. The number of phenols is 3. The molecule has 0 aromatic heterocycles. The minimum Gasteiger partial charge on any atom is -0.504 e. The Kier molecular flexibility index (Phi) is 5.44. The van der Waals surface area contributed by atoms with Crippen LogP contribution in [-0.4, -0.2) is 39.1 Å². The van der Waals surface area contributed by atoms with Gasteiger partial charge in [-0.25, -0.2) is 4.79 Å². The van der Waals surface area contributed by atoms with Gasteiger partial charge in [0.25, 0.3) is 0 Å². The number of rotatable bonds is 6. The van der Waals surface area contributed by atoms with E-state index >= 15 is 0 Å². The van der Waals surface area contributed by atoms with Gasteiger partial charge in [-0.15, -0.1) is 0 Å². The normalized spacial score (nSPS) is 12.1. The van der Waals surface area contributed by atoms with E-state index in [0.29, 0.717) is 6.42 Å². The molecule has 0 heterocycles. The van der Waals surface area contributed by atoms with E-state index in [-0.39, 0.29) is 12.2 Å². The number of ether oxygens (including phenoxy) is 1. The van der Waals surface area contributed by atoms with Crippen LogP contribution in [0.2, 0.25) is 0 Å². The predicted octanol–water partition coefficient (Wildman–Crippen LogP) is 1.51. The van der Waals surface area contributed by atoms with Gasteiger partial charge < -0.3 is 25.2 Å². The standard InChI is InChI=1S/C13H18O6/c1-2-3-4-9(14)7-19-13(18)8-5-10(15)12(17)11(16)6-8/h5-6,9,14-17H,2-4,7H2,1H3. The van der Waals surface area contributed by atoms with Crippen molar-refractivity contribution in [3.8, 4) is 17.2 Å². The van der Waals surface area contributed by atoms with Crippen LogP contribution in [0, 0.1) is 0 Å². The summed E-state index contributed by atoms with van der Waals surface area (Å²) >= 11 is 0. The molecule has 1 rings (SSSR count). The van der Waals surface area contributed by atoms with E-state index in [4.69, 9.17) is 9.84 Å². The van der Waals surface area contributed by atoms with Crippen LogP contribution in [0.1, 0.15) is 36.5 Å². The van der Waals surface area contributed by atoms with Crippen LogP contribution in [0.15, 0.2) is 12.1 Å². The lowest BCUT2D eigenvalue weighted by Gasteiger charge is -2.11. The monoisotopic (exact) mass is 270 g/mol. The van der Waals surface area contributed by atoms with Crippen molar-refractivity contribution in [3.05, 3.63) is 17.7 Å². The van der Waals surface area contributed by atoms with Gasteiger partial charge in [-0.2, -0.15) is 0 Å². The first-order chi connectivity index (χ1) is 8.95. The molecule has 4 N–H and O–H groups in total. The van der Waals surface area contributed by atoms with Crippen LogP contribution in [0.4, 0.5) is 0 Å². The summed E-state index contributed by atoms with van der Waals surface area (Å²) < 4.78 is 4.84.